The molecule has 0 radical (unpaired) electrons. The maximum atomic E-state index is 13.2. The van der Waals surface area contributed by atoms with Crippen molar-refractivity contribution in [2.75, 3.05) is 33.5 Å². The van der Waals surface area contributed by atoms with E-state index in [0.717, 1.165) is 118 Å². The van der Waals surface area contributed by atoms with E-state index in [1.807, 2.05) is 158 Å². The number of fused-ring (bicyclic) bond motifs is 4. The number of aromatic amines is 5. The molecule has 28 nitrogen and oxygen atoms in total. The van der Waals surface area contributed by atoms with Crippen molar-refractivity contribution in [3.63, 3.8) is 0 Å². The van der Waals surface area contributed by atoms with Gasteiger partial charge in [-0.1, -0.05) is 170 Å². The first-order chi connectivity index (χ1) is 55.1. The first-order valence-corrected chi connectivity index (χ1v) is 36.5. The van der Waals surface area contributed by atoms with Gasteiger partial charge in [0.15, 0.2) is 0 Å². The van der Waals surface area contributed by atoms with E-state index >= 15 is 0 Å². The highest BCUT2D eigenvalue weighted by molar-refractivity contribution is 5.95. The molecule has 12 N–H and O–H groups in total. The molecular weight excluding hydrogens is 1440 g/mol. The molecule has 0 saturated heterocycles. The molecule has 13 aromatic rings. The molecular formula is C84H79FN18O10. The van der Waals surface area contributed by atoms with Gasteiger partial charge in [-0.05, 0) is 76.0 Å². The maximum Gasteiger partial charge on any atom is 0.251 e. The monoisotopic (exact) mass is 1520 g/mol. The van der Waals surface area contributed by atoms with Gasteiger partial charge in [-0.25, -0.2) is 4.39 Å². The number of hydrogen-bond acceptors (Lipinski definition) is 17. The summed E-state index contributed by atoms with van der Waals surface area (Å²) in [6, 6.07) is 65.3. The molecule has 113 heavy (non-hydrogen) atoms. The van der Waals surface area contributed by atoms with Crippen LogP contribution < -0.4 is 11.1 Å². The lowest BCUT2D eigenvalue weighted by Gasteiger charge is -2.22. The number of halogens is 1. The Bertz CT molecular complexity index is 5480. The number of aliphatic hydroxyl groups excluding tert-OH is 4. The number of benzene rings is 8. The summed E-state index contributed by atoms with van der Waals surface area (Å²) in [6.07, 6.45) is 0. The minimum Gasteiger partial charge on any atom is -0.395 e. The molecule has 8 aromatic carbocycles. The molecule has 5 aromatic heterocycles. The Balaban J connectivity index is 0.000000125. The first kappa shape index (κ1) is 76.0. The Labute approximate surface area is 646 Å². The van der Waals surface area contributed by atoms with Crippen LogP contribution in [0.25, 0.3) is 56.4 Å². The van der Waals surface area contributed by atoms with Crippen molar-refractivity contribution in [2.45, 2.75) is 76.0 Å². The first-order valence-electron chi connectivity index (χ1n) is 36.5. The summed E-state index contributed by atoms with van der Waals surface area (Å²) in [5, 5.41) is 85.4. The van der Waals surface area contributed by atoms with Gasteiger partial charge in [-0.2, -0.15) is 25.6 Å². The van der Waals surface area contributed by atoms with Crippen LogP contribution in [0.3, 0.4) is 0 Å². The summed E-state index contributed by atoms with van der Waals surface area (Å²) in [4.78, 5) is 81.9. The van der Waals surface area contributed by atoms with E-state index in [0.29, 0.717) is 69.3 Å². The Hall–Kier alpha value is -13.7. The molecule has 6 amide bonds. The average molecular weight is 1520 g/mol. The van der Waals surface area contributed by atoms with Crippen LogP contribution in [0, 0.1) is 5.82 Å². The molecule has 29 heteroatoms. The van der Waals surface area contributed by atoms with Gasteiger partial charge in [0.25, 0.3) is 5.91 Å². The van der Waals surface area contributed by atoms with Crippen LogP contribution >= 0.6 is 0 Å². The lowest BCUT2D eigenvalue weighted by atomic mass is 9.98. The molecule has 4 aliphatic heterocycles. The number of hydrogen-bond donors (Lipinski definition) is 11. The fourth-order valence-electron chi connectivity index (χ4n) is 14.5. The number of aromatic nitrogens is 12. The molecule has 572 valence electrons. The topological polar surface area (TPSA) is 404 Å². The molecule has 0 saturated carbocycles. The number of primary amides is 1. The van der Waals surface area contributed by atoms with Gasteiger partial charge in [0.2, 0.25) is 35.4 Å². The van der Waals surface area contributed by atoms with E-state index in [1.165, 1.54) is 12.1 Å². The predicted octanol–water partition coefficient (Wildman–Crippen LogP) is 8.56. The fraction of sp³-hybridized carbons (Fsp3) is 0.202. The SMILES string of the molecule is CNC(=O)c1ccc(-c2n[nH]c3c2CN(C(=O)C(CO)c2ccccc2)C3)cc1.NC(=O)c1ccc(-c2n[nH]c3c2CN(C(=O)C(CO)c2ccccc2)C3)cc1.O=C(C(CO)c1ccccc1)N1Cc2[nH]nc(-c3ccc(-c4nn[nH]n4)cc3)c2C1.O=C(C(CO)c1ccccc1)N1Cc2[nH]nc(-c3ccc(F)cc3)c2C1. The van der Waals surface area contributed by atoms with Crippen LogP contribution in [0.1, 0.15) is 112 Å². The second kappa shape index (κ2) is 34.4. The van der Waals surface area contributed by atoms with Crippen LogP contribution in [0.5, 0.6) is 0 Å². The Morgan fingerprint density at radius 3 is 0.920 bits per heavy atom. The second-order valence-electron chi connectivity index (χ2n) is 27.4. The van der Waals surface area contributed by atoms with Crippen molar-refractivity contribution in [3.8, 4) is 56.4 Å². The van der Waals surface area contributed by atoms with E-state index in [-0.39, 0.29) is 61.8 Å². The zero-order chi connectivity index (χ0) is 78.7. The van der Waals surface area contributed by atoms with Gasteiger partial charge in [0.1, 0.15) is 5.82 Å². The summed E-state index contributed by atoms with van der Waals surface area (Å²) in [7, 11) is 1.59. The van der Waals surface area contributed by atoms with Gasteiger partial charge in [0.05, 0.1) is 148 Å². The van der Waals surface area contributed by atoms with Crippen molar-refractivity contribution >= 4 is 35.4 Å². The number of tetrazole rings is 1. The van der Waals surface area contributed by atoms with Crippen LogP contribution in [0.2, 0.25) is 0 Å². The van der Waals surface area contributed by atoms with E-state index in [1.54, 1.807) is 75.2 Å². The lowest BCUT2D eigenvalue weighted by molar-refractivity contribution is -0.135. The third-order valence-corrected chi connectivity index (χ3v) is 20.6. The molecule has 4 atom stereocenters. The van der Waals surface area contributed by atoms with Crippen LogP contribution in [0.4, 0.5) is 4.39 Å². The maximum absolute atomic E-state index is 13.2. The quantitative estimate of drug-likeness (QED) is 0.0361. The number of nitrogens with two attached hydrogens (primary N) is 1. The zero-order valence-corrected chi connectivity index (χ0v) is 61.2. The fourth-order valence-corrected chi connectivity index (χ4v) is 14.5. The van der Waals surface area contributed by atoms with E-state index in [2.05, 4.69) is 66.7 Å². The second-order valence-corrected chi connectivity index (χ2v) is 27.4. The Morgan fingerprint density at radius 2 is 0.655 bits per heavy atom. The van der Waals surface area contributed by atoms with Crippen LogP contribution in [0.15, 0.2) is 218 Å². The number of H-pyrrole nitrogens is 5. The zero-order valence-electron chi connectivity index (χ0n) is 61.2. The summed E-state index contributed by atoms with van der Waals surface area (Å²) < 4.78 is 13.2. The summed E-state index contributed by atoms with van der Waals surface area (Å²) in [5.41, 5.74) is 24.4. The van der Waals surface area contributed by atoms with E-state index in [4.69, 9.17) is 5.73 Å². The number of nitrogens with zero attached hydrogens (tertiary/aromatic N) is 11. The highest BCUT2D eigenvalue weighted by Crippen LogP contribution is 2.38. The highest BCUT2D eigenvalue weighted by Gasteiger charge is 2.38. The third kappa shape index (κ3) is 16.5. The van der Waals surface area contributed by atoms with Crippen molar-refractivity contribution in [2.24, 2.45) is 5.73 Å². The van der Waals surface area contributed by atoms with Crippen LogP contribution in [-0.2, 0) is 71.5 Å². The molecule has 0 spiro atoms. The molecule has 0 aliphatic carbocycles. The summed E-state index contributed by atoms with van der Waals surface area (Å²) >= 11 is 0. The van der Waals surface area contributed by atoms with Gasteiger partial charge in [-0.3, -0.25) is 49.2 Å². The Morgan fingerprint density at radius 1 is 0.381 bits per heavy atom. The number of amides is 6. The van der Waals surface area contributed by atoms with Crippen molar-refractivity contribution < 1.29 is 53.6 Å². The van der Waals surface area contributed by atoms with Gasteiger partial charge < -0.3 is 51.1 Å². The molecule has 4 aliphatic rings. The highest BCUT2D eigenvalue weighted by atomic mass is 19.1. The largest absolute Gasteiger partial charge is 0.395 e. The minimum absolute atomic E-state index is 0.0910. The van der Waals surface area contributed by atoms with Crippen molar-refractivity contribution in [1.82, 2.24) is 86.3 Å². The van der Waals surface area contributed by atoms with Gasteiger partial charge in [0, 0.05) is 68.2 Å². The summed E-state index contributed by atoms with van der Waals surface area (Å²) in [5.74, 6) is -3.14. The molecule has 9 heterocycles. The lowest BCUT2D eigenvalue weighted by Crippen LogP contribution is -2.32. The molecule has 0 fully saturated rings. The van der Waals surface area contributed by atoms with Crippen molar-refractivity contribution in [1.29, 1.82) is 0 Å². The minimum atomic E-state index is -0.587. The molecule has 4 unspecified atom stereocenters. The van der Waals surface area contributed by atoms with E-state index < -0.39 is 29.6 Å². The average Bonchev–Trinajstić information content (AvgIpc) is 1.65. The third-order valence-electron chi connectivity index (χ3n) is 20.6. The molecule has 0 bridgehead atoms. The van der Waals surface area contributed by atoms with E-state index in [9.17, 15) is 53.6 Å². The smallest absolute Gasteiger partial charge is 0.251 e. The number of carbonyl (C=O) groups excluding carboxylic acids is 6. The number of rotatable bonds is 19. The Kier molecular flexibility index (Phi) is 23.2. The van der Waals surface area contributed by atoms with Gasteiger partial charge in [-0.15, -0.1) is 10.2 Å². The van der Waals surface area contributed by atoms with Crippen molar-refractivity contribution in [3.05, 3.63) is 303 Å². The number of nitrogens with one attached hydrogen (secondary N) is 6. The predicted molar refractivity (Wildman–Crippen MR) is 413 cm³/mol. The van der Waals surface area contributed by atoms with Gasteiger partial charge >= 0.3 is 0 Å². The van der Waals surface area contributed by atoms with Crippen LogP contribution in [-0.4, -0.2) is 170 Å². The normalized spacial score (nSPS) is 14.0. The summed E-state index contributed by atoms with van der Waals surface area (Å²) in [6.45, 7) is 2.50. The standard InChI is InChI=1S/C22H22N4O3.C21H19N7O2.C21H20N4O3.C20H18FN3O2/c1-23-21(28)16-9-7-15(8-10-16)20-17-11-26(12-19(17)24-25-20)22(29)18(13-27)14-5-3-2-4-6-14;29-12-17(13-4-2-1-3-5-13)21(30)28-10-16-18(11-28)22-23-19(16)14-6-8-15(9-7-14)20-24-26-27-25-20;22-20(27)15-8-6-14(7-9-15)19-16-10-25(11-18(16)23-24-19)21(28)17(12-26)13-4-2-1-3-5-13;21-15-8-6-14(7-9-15)19-16-10-24(11-18(16)22-23-19)20(26)17(12-25)13-4-2-1-3-5-13/h2-10,18,27H,11-13H2,1H3,(H,23,28)(H,24,25);1-9,17,29H,10-12H2,(H,22,23)(H,24,25,26,27);1-9,17,26H,10-12H2,(H2,22,27)(H,23,24);1-9,17,25H,10-12H2,(H,22,23). The number of aliphatic hydroxyl groups is 4. The number of carbonyl (C=O) groups is 6. The molecule has 17 rings (SSSR count).